The minimum absolute atomic E-state index is 0.104. The molecule has 0 aliphatic carbocycles. The van der Waals surface area contributed by atoms with Crippen LogP contribution in [0.3, 0.4) is 0 Å². The van der Waals surface area contributed by atoms with Gasteiger partial charge in [0.15, 0.2) is 0 Å². The number of amides is 1. The highest BCUT2D eigenvalue weighted by atomic mass is 32.2. The Kier molecular flexibility index (Phi) is 5.97. The molecule has 2 N–H and O–H groups in total. The largest absolute Gasteiger partial charge is 0.320 e. The molecule has 0 fully saturated rings. The molecular weight excluding hydrogens is 388 g/mol. The number of thioether (sulfide) groups is 1. The second kappa shape index (κ2) is 8.28. The summed E-state index contributed by atoms with van der Waals surface area (Å²) in [7, 11) is 1.80. The Hall–Kier alpha value is -2.81. The number of anilines is 1. The first-order chi connectivity index (χ1) is 13.7. The van der Waals surface area contributed by atoms with E-state index < -0.39 is 0 Å². The highest BCUT2D eigenvalue weighted by Gasteiger charge is 2.20. The summed E-state index contributed by atoms with van der Waals surface area (Å²) < 4.78 is 3.28. The van der Waals surface area contributed by atoms with E-state index >= 15 is 0 Å². The summed E-state index contributed by atoms with van der Waals surface area (Å²) in [5.41, 5.74) is 1.40. The Morgan fingerprint density at radius 1 is 1.24 bits per heavy atom. The van der Waals surface area contributed by atoms with Crippen LogP contribution in [-0.4, -0.2) is 36.2 Å². The molecule has 0 bridgehead atoms. The van der Waals surface area contributed by atoms with Crippen molar-refractivity contribution in [2.45, 2.75) is 44.7 Å². The zero-order valence-corrected chi connectivity index (χ0v) is 18.1. The molecule has 1 amide bonds. The highest BCUT2D eigenvalue weighted by molar-refractivity contribution is 7.99. The number of hydrogen-bond donors (Lipinski definition) is 2. The molecule has 9 heteroatoms. The van der Waals surface area contributed by atoms with E-state index in [0.717, 1.165) is 11.5 Å². The maximum absolute atomic E-state index is 12.8. The van der Waals surface area contributed by atoms with Gasteiger partial charge in [0, 0.05) is 24.6 Å². The van der Waals surface area contributed by atoms with Crippen LogP contribution < -0.4 is 10.9 Å². The van der Waals surface area contributed by atoms with E-state index in [2.05, 4.69) is 41.3 Å². The monoisotopic (exact) mass is 414 g/mol. The van der Waals surface area contributed by atoms with Crippen molar-refractivity contribution >= 4 is 23.4 Å². The molecule has 0 atom stereocenters. The first-order valence-corrected chi connectivity index (χ1v) is 10.4. The lowest BCUT2D eigenvalue weighted by atomic mass is 9.96. The number of hydrogen-bond acceptors (Lipinski definition) is 5. The number of aromatic nitrogens is 5. The van der Waals surface area contributed by atoms with Crippen LogP contribution in [0.5, 0.6) is 0 Å². The van der Waals surface area contributed by atoms with Crippen LogP contribution >= 0.6 is 11.8 Å². The van der Waals surface area contributed by atoms with Crippen molar-refractivity contribution < 1.29 is 4.79 Å². The second-order valence-corrected chi connectivity index (χ2v) is 8.86. The summed E-state index contributed by atoms with van der Waals surface area (Å²) in [5, 5.41) is 10.5. The zero-order chi connectivity index (χ0) is 21.2. The minimum atomic E-state index is -0.249. The Balaban J connectivity index is 1.64. The molecule has 0 radical (unpaired) electrons. The predicted molar refractivity (Wildman–Crippen MR) is 115 cm³/mol. The number of benzene rings is 1. The van der Waals surface area contributed by atoms with Crippen LogP contribution in [-0.2, 0) is 17.3 Å². The van der Waals surface area contributed by atoms with Crippen molar-refractivity contribution in [2.24, 2.45) is 7.05 Å². The van der Waals surface area contributed by atoms with Crippen LogP contribution in [0.25, 0.3) is 5.69 Å². The first-order valence-electron chi connectivity index (χ1n) is 9.38. The van der Waals surface area contributed by atoms with E-state index in [1.54, 1.807) is 16.4 Å². The molecule has 0 spiro atoms. The predicted octanol–water partition coefficient (Wildman–Crippen LogP) is 3.02. The maximum atomic E-state index is 12.8. The zero-order valence-electron chi connectivity index (χ0n) is 17.3. The number of para-hydroxylation sites is 1. The van der Waals surface area contributed by atoms with Gasteiger partial charge in [-0.05, 0) is 19.1 Å². The summed E-state index contributed by atoms with van der Waals surface area (Å²) in [6.07, 6.45) is 0.253. The first kappa shape index (κ1) is 20.9. The molecular formula is C20H26N6O2S. The molecule has 2 heterocycles. The van der Waals surface area contributed by atoms with Gasteiger partial charge in [-0.2, -0.15) is 0 Å². The Morgan fingerprint density at radius 3 is 2.55 bits per heavy atom. The van der Waals surface area contributed by atoms with Crippen LogP contribution in [0.1, 0.15) is 38.7 Å². The van der Waals surface area contributed by atoms with Gasteiger partial charge in [0.2, 0.25) is 11.1 Å². The molecule has 2 aromatic heterocycles. The van der Waals surface area contributed by atoms with Crippen molar-refractivity contribution in [1.29, 1.82) is 0 Å². The van der Waals surface area contributed by atoms with Crippen molar-refractivity contribution in [3.63, 3.8) is 0 Å². The van der Waals surface area contributed by atoms with Crippen LogP contribution in [0.15, 0.2) is 40.3 Å². The Bertz CT molecular complexity index is 1060. The van der Waals surface area contributed by atoms with Crippen LogP contribution in [0.4, 0.5) is 5.69 Å². The summed E-state index contributed by atoms with van der Waals surface area (Å²) >= 11 is 1.41. The van der Waals surface area contributed by atoms with Gasteiger partial charge >= 0.3 is 0 Å². The third-order valence-corrected chi connectivity index (χ3v) is 5.40. The lowest BCUT2D eigenvalue weighted by Gasteiger charge is -2.12. The van der Waals surface area contributed by atoms with Gasteiger partial charge in [-0.1, -0.05) is 50.7 Å². The van der Waals surface area contributed by atoms with Gasteiger partial charge in [0.05, 0.1) is 11.4 Å². The molecule has 154 valence electrons. The highest BCUT2D eigenvalue weighted by Crippen LogP contribution is 2.21. The molecule has 0 aliphatic heterocycles. The molecule has 0 unspecified atom stereocenters. The molecule has 0 saturated carbocycles. The fraction of sp³-hybridized carbons (Fsp3) is 0.400. The van der Waals surface area contributed by atoms with Crippen LogP contribution in [0, 0.1) is 6.92 Å². The number of rotatable bonds is 6. The lowest BCUT2D eigenvalue weighted by Crippen LogP contribution is -2.23. The Morgan fingerprint density at radius 2 is 1.93 bits per heavy atom. The summed E-state index contributed by atoms with van der Waals surface area (Å²) in [6, 6.07) is 9.34. The topological polar surface area (TPSA) is 97.6 Å². The van der Waals surface area contributed by atoms with E-state index in [9.17, 15) is 9.59 Å². The van der Waals surface area contributed by atoms with E-state index in [1.165, 1.54) is 11.8 Å². The average Bonchev–Trinajstić information content (AvgIpc) is 3.22. The summed E-state index contributed by atoms with van der Waals surface area (Å²) in [4.78, 5) is 29.7. The molecule has 1 aromatic carbocycles. The molecule has 3 rings (SSSR count). The fourth-order valence-corrected chi connectivity index (χ4v) is 3.53. The molecule has 29 heavy (non-hydrogen) atoms. The number of carbonyl (C=O) groups is 1. The third-order valence-electron chi connectivity index (χ3n) is 4.55. The Labute approximate surface area is 173 Å². The van der Waals surface area contributed by atoms with Gasteiger partial charge in [-0.25, -0.2) is 9.67 Å². The number of nitrogens with zero attached hydrogens (tertiary/aromatic N) is 4. The van der Waals surface area contributed by atoms with Gasteiger partial charge in [0.1, 0.15) is 11.5 Å². The molecule has 8 nitrogen and oxygen atoms in total. The van der Waals surface area contributed by atoms with Crippen molar-refractivity contribution in [1.82, 2.24) is 24.5 Å². The van der Waals surface area contributed by atoms with Gasteiger partial charge < -0.3 is 5.32 Å². The summed E-state index contributed by atoms with van der Waals surface area (Å²) in [6.45, 7) is 7.98. The van der Waals surface area contributed by atoms with E-state index in [1.807, 2.05) is 37.3 Å². The standard InChI is InChI=1S/C20H26N6O2S/c1-13-16(17(28)26(25(13)5)14-9-7-6-8-10-14)21-15(27)11-12-29-19-22-18(23-24-19)20(2,3)4/h6-10H,11-12H2,1-5H3,(H,21,27)(H,22,23,24). The summed E-state index contributed by atoms with van der Waals surface area (Å²) in [5.74, 6) is 1.12. The average molecular weight is 415 g/mol. The minimum Gasteiger partial charge on any atom is -0.320 e. The van der Waals surface area contributed by atoms with Crippen LogP contribution in [0.2, 0.25) is 0 Å². The van der Waals surface area contributed by atoms with Gasteiger partial charge in [-0.15, -0.1) is 5.10 Å². The van der Waals surface area contributed by atoms with E-state index in [4.69, 9.17) is 0 Å². The smallest absolute Gasteiger partial charge is 0.295 e. The molecule has 0 saturated heterocycles. The number of nitrogens with one attached hydrogen (secondary N) is 2. The van der Waals surface area contributed by atoms with Gasteiger partial charge in [-0.3, -0.25) is 19.4 Å². The van der Waals surface area contributed by atoms with E-state index in [0.29, 0.717) is 22.3 Å². The molecule has 0 aliphatic rings. The third kappa shape index (κ3) is 4.61. The maximum Gasteiger partial charge on any atom is 0.295 e. The lowest BCUT2D eigenvalue weighted by molar-refractivity contribution is -0.115. The van der Waals surface area contributed by atoms with E-state index in [-0.39, 0.29) is 23.3 Å². The second-order valence-electron chi connectivity index (χ2n) is 7.80. The van der Waals surface area contributed by atoms with Gasteiger partial charge in [0.25, 0.3) is 5.56 Å². The molecule has 3 aromatic rings. The fourth-order valence-electron chi connectivity index (χ4n) is 2.80. The number of aromatic amines is 1. The quantitative estimate of drug-likeness (QED) is 0.604. The van der Waals surface area contributed by atoms with Crippen molar-refractivity contribution in [3.8, 4) is 5.69 Å². The van der Waals surface area contributed by atoms with Crippen molar-refractivity contribution in [2.75, 3.05) is 11.1 Å². The number of carbonyl (C=O) groups excluding carboxylic acids is 1. The van der Waals surface area contributed by atoms with Crippen molar-refractivity contribution in [3.05, 3.63) is 52.2 Å². The SMILES string of the molecule is Cc1c(NC(=O)CCSc2n[nH]c(C(C)(C)C)n2)c(=O)n(-c2ccccc2)n1C. The number of H-pyrrole nitrogens is 1. The normalized spacial score (nSPS) is 11.6.